The molecule has 184 valence electrons. The van der Waals surface area contributed by atoms with Crippen LogP contribution >= 0.6 is 0 Å². The zero-order chi connectivity index (χ0) is 24.8. The standard InChI is InChI=1S/C28H32N2O5/c1-26(2,24(32)33)29-23(31)27-11-14-28(15-12-27,16-13-27)30-25(34)35-17-22-20-9-5-3-7-18(20)19-8-4-6-10-21(19)22/h3-10,22H,11-17H2,1-2H3,(H,29,31)(H,30,34)(H,32,33). The molecule has 4 aliphatic carbocycles. The van der Waals surface area contributed by atoms with Gasteiger partial charge in [-0.25, -0.2) is 9.59 Å². The molecule has 3 saturated carbocycles. The average molecular weight is 477 g/mol. The lowest BCUT2D eigenvalue weighted by molar-refractivity contribution is -0.150. The van der Waals surface area contributed by atoms with E-state index in [0.29, 0.717) is 38.5 Å². The molecule has 0 aliphatic heterocycles. The van der Waals surface area contributed by atoms with E-state index in [1.165, 1.54) is 36.1 Å². The molecular formula is C28H32N2O5. The average Bonchev–Trinajstić information content (AvgIpc) is 3.17. The predicted octanol–water partition coefficient (Wildman–Crippen LogP) is 4.60. The Morgan fingerprint density at radius 3 is 1.94 bits per heavy atom. The minimum Gasteiger partial charge on any atom is -0.480 e. The van der Waals surface area contributed by atoms with Crippen molar-refractivity contribution < 1.29 is 24.2 Å². The zero-order valence-corrected chi connectivity index (χ0v) is 20.2. The molecule has 3 fully saturated rings. The number of hydrogen-bond acceptors (Lipinski definition) is 4. The van der Waals surface area contributed by atoms with Gasteiger partial charge in [-0.05, 0) is 74.6 Å². The summed E-state index contributed by atoms with van der Waals surface area (Å²) in [6.07, 6.45) is 3.49. The number of alkyl carbamates (subject to hydrolysis) is 1. The molecular weight excluding hydrogens is 444 g/mol. The van der Waals surface area contributed by atoms with Crippen molar-refractivity contribution in [1.29, 1.82) is 0 Å². The smallest absolute Gasteiger partial charge is 0.407 e. The maximum absolute atomic E-state index is 13.0. The van der Waals surface area contributed by atoms with Crippen LogP contribution in [-0.2, 0) is 14.3 Å². The Balaban J connectivity index is 1.20. The quantitative estimate of drug-likeness (QED) is 0.565. The second-order valence-corrected chi connectivity index (χ2v) is 10.9. The third kappa shape index (κ3) is 4.07. The Morgan fingerprint density at radius 2 is 1.43 bits per heavy atom. The third-order valence-electron chi connectivity index (χ3n) is 8.40. The van der Waals surface area contributed by atoms with Crippen LogP contribution in [0.5, 0.6) is 0 Å². The van der Waals surface area contributed by atoms with Gasteiger partial charge in [0.1, 0.15) is 12.1 Å². The molecule has 35 heavy (non-hydrogen) atoms. The number of ether oxygens (including phenoxy) is 1. The van der Waals surface area contributed by atoms with Crippen LogP contribution in [0.1, 0.15) is 69.4 Å². The molecule has 0 heterocycles. The molecule has 0 saturated heterocycles. The first kappa shape index (κ1) is 23.4. The van der Waals surface area contributed by atoms with E-state index in [1.807, 2.05) is 24.3 Å². The summed E-state index contributed by atoms with van der Waals surface area (Å²) < 4.78 is 5.76. The monoisotopic (exact) mass is 476 g/mol. The summed E-state index contributed by atoms with van der Waals surface area (Å²) >= 11 is 0. The molecule has 7 nitrogen and oxygen atoms in total. The maximum Gasteiger partial charge on any atom is 0.407 e. The number of fused-ring (bicyclic) bond motifs is 6. The highest BCUT2D eigenvalue weighted by molar-refractivity contribution is 5.89. The normalized spacial score (nSPS) is 24.9. The van der Waals surface area contributed by atoms with Gasteiger partial charge >= 0.3 is 12.1 Å². The molecule has 0 radical (unpaired) electrons. The van der Waals surface area contributed by atoms with E-state index >= 15 is 0 Å². The van der Waals surface area contributed by atoms with Gasteiger partial charge in [-0.2, -0.15) is 0 Å². The number of carboxylic acid groups (broad SMARTS) is 1. The molecule has 2 amide bonds. The Morgan fingerprint density at radius 1 is 0.914 bits per heavy atom. The summed E-state index contributed by atoms with van der Waals surface area (Å²) in [7, 11) is 0. The van der Waals surface area contributed by atoms with E-state index in [0.717, 1.165) is 0 Å². The summed E-state index contributed by atoms with van der Waals surface area (Å²) in [5, 5.41) is 15.2. The van der Waals surface area contributed by atoms with Crippen molar-refractivity contribution >= 4 is 18.0 Å². The van der Waals surface area contributed by atoms with Crippen molar-refractivity contribution in [1.82, 2.24) is 10.6 Å². The molecule has 2 aromatic rings. The Bertz CT molecular complexity index is 1120. The van der Waals surface area contributed by atoms with Crippen molar-refractivity contribution in [2.24, 2.45) is 5.41 Å². The van der Waals surface area contributed by atoms with Crippen LogP contribution in [0.4, 0.5) is 4.79 Å². The van der Waals surface area contributed by atoms with Crippen molar-refractivity contribution in [2.75, 3.05) is 6.61 Å². The van der Waals surface area contributed by atoms with Crippen molar-refractivity contribution in [3.8, 4) is 11.1 Å². The van der Waals surface area contributed by atoms with Crippen LogP contribution in [0.2, 0.25) is 0 Å². The molecule has 4 aliphatic rings. The molecule has 3 N–H and O–H groups in total. The summed E-state index contributed by atoms with van der Waals surface area (Å²) in [6, 6.07) is 16.5. The zero-order valence-electron chi connectivity index (χ0n) is 20.2. The first-order valence-corrected chi connectivity index (χ1v) is 12.3. The van der Waals surface area contributed by atoms with Gasteiger partial charge in [-0.15, -0.1) is 0 Å². The minimum atomic E-state index is -1.31. The molecule has 2 aromatic carbocycles. The van der Waals surface area contributed by atoms with E-state index in [-0.39, 0.29) is 24.0 Å². The number of nitrogens with one attached hydrogen (secondary N) is 2. The SMILES string of the molecule is CC(C)(NC(=O)C12CCC(NC(=O)OCC3c4ccccc4-c4ccccc43)(CC1)CC2)C(=O)O. The molecule has 6 rings (SSSR count). The number of carbonyl (C=O) groups is 3. The van der Waals surface area contributed by atoms with Gasteiger partial charge in [0, 0.05) is 16.9 Å². The Kier molecular flexibility index (Phi) is 5.61. The largest absolute Gasteiger partial charge is 0.480 e. The Labute approximate surface area is 205 Å². The number of benzene rings is 2. The number of carbonyl (C=O) groups excluding carboxylic acids is 2. The predicted molar refractivity (Wildman–Crippen MR) is 131 cm³/mol. The third-order valence-corrected chi connectivity index (χ3v) is 8.40. The highest BCUT2D eigenvalue weighted by atomic mass is 16.5. The van der Waals surface area contributed by atoms with Crippen LogP contribution < -0.4 is 10.6 Å². The van der Waals surface area contributed by atoms with E-state index in [4.69, 9.17) is 4.74 Å². The fraction of sp³-hybridized carbons (Fsp3) is 0.464. The minimum absolute atomic E-state index is 0.0114. The fourth-order valence-electron chi connectivity index (χ4n) is 6.03. The number of carboxylic acids is 1. The van der Waals surface area contributed by atoms with Gasteiger partial charge in [-0.1, -0.05) is 48.5 Å². The highest BCUT2D eigenvalue weighted by Gasteiger charge is 2.54. The number of amides is 2. The van der Waals surface area contributed by atoms with E-state index in [9.17, 15) is 19.5 Å². The summed E-state index contributed by atoms with van der Waals surface area (Å²) in [6.45, 7) is 3.27. The number of hydrogen-bond donors (Lipinski definition) is 3. The van der Waals surface area contributed by atoms with E-state index < -0.39 is 23.0 Å². The first-order chi connectivity index (χ1) is 16.6. The lowest BCUT2D eigenvalue weighted by atomic mass is 9.56. The molecule has 0 unspecified atom stereocenters. The number of aliphatic carboxylic acids is 1. The highest BCUT2D eigenvalue weighted by Crippen LogP contribution is 2.52. The van der Waals surface area contributed by atoms with Crippen molar-refractivity contribution in [3.63, 3.8) is 0 Å². The molecule has 0 aromatic heterocycles. The van der Waals surface area contributed by atoms with E-state index in [2.05, 4.69) is 34.9 Å². The van der Waals surface area contributed by atoms with Crippen molar-refractivity contribution in [3.05, 3.63) is 59.7 Å². The number of rotatable bonds is 6. The summed E-state index contributed by atoms with van der Waals surface area (Å²) in [4.78, 5) is 37.3. The first-order valence-electron chi connectivity index (χ1n) is 12.3. The van der Waals surface area contributed by atoms with Gasteiger partial charge in [0.05, 0.1) is 0 Å². The molecule has 2 bridgehead atoms. The molecule has 0 spiro atoms. The Hall–Kier alpha value is -3.35. The lowest BCUT2D eigenvalue weighted by Crippen LogP contribution is -2.62. The topological polar surface area (TPSA) is 105 Å². The van der Waals surface area contributed by atoms with Gasteiger partial charge in [0.2, 0.25) is 5.91 Å². The van der Waals surface area contributed by atoms with E-state index in [1.54, 1.807) is 0 Å². The van der Waals surface area contributed by atoms with Crippen LogP contribution in [0.3, 0.4) is 0 Å². The lowest BCUT2D eigenvalue weighted by Gasteiger charge is -2.52. The van der Waals surface area contributed by atoms with Crippen LogP contribution in [0, 0.1) is 5.41 Å². The van der Waals surface area contributed by atoms with Gasteiger partial charge in [0.25, 0.3) is 0 Å². The van der Waals surface area contributed by atoms with Crippen LogP contribution in [0.15, 0.2) is 48.5 Å². The maximum atomic E-state index is 13.0. The second kappa shape index (κ2) is 8.40. The fourth-order valence-corrected chi connectivity index (χ4v) is 6.03. The van der Waals surface area contributed by atoms with Crippen LogP contribution in [-0.4, -0.2) is 40.8 Å². The second-order valence-electron chi connectivity index (χ2n) is 10.9. The van der Waals surface area contributed by atoms with Gasteiger partial charge in [-0.3, -0.25) is 4.79 Å². The molecule has 0 atom stereocenters. The van der Waals surface area contributed by atoms with Gasteiger partial charge in [0.15, 0.2) is 0 Å². The van der Waals surface area contributed by atoms with Crippen LogP contribution in [0.25, 0.3) is 11.1 Å². The summed E-state index contributed by atoms with van der Waals surface area (Å²) in [5.74, 6) is -1.24. The van der Waals surface area contributed by atoms with Crippen molar-refractivity contribution in [2.45, 2.75) is 69.4 Å². The summed E-state index contributed by atoms with van der Waals surface area (Å²) in [5.41, 5.74) is 2.50. The molecule has 7 heteroatoms. The van der Waals surface area contributed by atoms with Gasteiger partial charge < -0.3 is 20.5 Å².